The fourth-order valence-electron chi connectivity index (χ4n) is 2.74. The smallest absolute Gasteiger partial charge is 0.234 e. The molecule has 1 aliphatic heterocycles. The molecule has 3 rings (SSSR count). The minimum atomic E-state index is -0.0640. The quantitative estimate of drug-likeness (QED) is 0.861. The summed E-state index contributed by atoms with van der Waals surface area (Å²) in [6, 6.07) is 9.43. The number of hydrogen-bond donors (Lipinski definition) is 1. The molecule has 2 aromatic rings. The second-order valence-corrected chi connectivity index (χ2v) is 6.18. The SMILES string of the molecule is O=C(CN1CCOCC1)NCC(c1ccc(Cl)cc1)n1cccn1. The van der Waals surface area contributed by atoms with E-state index in [1.54, 1.807) is 6.20 Å². The summed E-state index contributed by atoms with van der Waals surface area (Å²) in [5.74, 6) is 0.0167. The average Bonchev–Trinajstić information content (AvgIpc) is 3.12. The number of rotatable bonds is 6. The van der Waals surface area contributed by atoms with Gasteiger partial charge in [-0.05, 0) is 23.8 Å². The Labute approximate surface area is 146 Å². The molecule has 128 valence electrons. The fraction of sp³-hybridized carbons (Fsp3) is 0.412. The molecule has 0 spiro atoms. The summed E-state index contributed by atoms with van der Waals surface area (Å²) in [6.45, 7) is 3.85. The Morgan fingerprint density at radius 1 is 1.29 bits per heavy atom. The van der Waals surface area contributed by atoms with E-state index < -0.39 is 0 Å². The summed E-state index contributed by atoms with van der Waals surface area (Å²) in [4.78, 5) is 14.3. The van der Waals surface area contributed by atoms with Crippen LogP contribution in [0.15, 0.2) is 42.7 Å². The van der Waals surface area contributed by atoms with Gasteiger partial charge in [0.2, 0.25) is 5.91 Å². The first kappa shape index (κ1) is 17.0. The van der Waals surface area contributed by atoms with Gasteiger partial charge in [0, 0.05) is 37.1 Å². The van der Waals surface area contributed by atoms with Crippen LogP contribution < -0.4 is 5.32 Å². The third kappa shape index (κ3) is 4.56. The summed E-state index contributed by atoms with van der Waals surface area (Å²) in [5.41, 5.74) is 1.05. The molecule has 1 aromatic heterocycles. The lowest BCUT2D eigenvalue weighted by molar-refractivity contribution is -0.123. The molecule has 6 nitrogen and oxygen atoms in total. The molecule has 1 saturated heterocycles. The van der Waals surface area contributed by atoms with Gasteiger partial charge in [-0.2, -0.15) is 5.10 Å². The topological polar surface area (TPSA) is 59.4 Å². The normalized spacial score (nSPS) is 16.7. The second kappa shape index (κ2) is 8.28. The first-order valence-electron chi connectivity index (χ1n) is 8.04. The van der Waals surface area contributed by atoms with Crippen molar-refractivity contribution in [1.29, 1.82) is 0 Å². The van der Waals surface area contributed by atoms with Crippen LogP contribution in [0.5, 0.6) is 0 Å². The van der Waals surface area contributed by atoms with E-state index in [9.17, 15) is 4.79 Å². The van der Waals surface area contributed by atoms with E-state index in [1.807, 2.05) is 41.2 Å². The first-order valence-corrected chi connectivity index (χ1v) is 8.41. The van der Waals surface area contributed by atoms with Crippen LogP contribution in [0.4, 0.5) is 0 Å². The Balaban J connectivity index is 1.62. The van der Waals surface area contributed by atoms with E-state index >= 15 is 0 Å². The summed E-state index contributed by atoms with van der Waals surface area (Å²) in [5, 5.41) is 8.02. The standard InChI is InChI=1S/C17H21ClN4O2/c18-15-4-2-14(3-5-15)16(22-7-1-6-20-22)12-19-17(23)13-21-8-10-24-11-9-21/h1-7,16H,8-13H2,(H,19,23). The van der Waals surface area contributed by atoms with E-state index in [-0.39, 0.29) is 11.9 Å². The van der Waals surface area contributed by atoms with Crippen molar-refractivity contribution in [3.05, 3.63) is 53.3 Å². The zero-order valence-electron chi connectivity index (χ0n) is 13.4. The lowest BCUT2D eigenvalue weighted by Crippen LogP contribution is -2.44. The largest absolute Gasteiger partial charge is 0.379 e. The lowest BCUT2D eigenvalue weighted by atomic mass is 10.1. The number of amides is 1. The van der Waals surface area contributed by atoms with E-state index in [2.05, 4.69) is 15.3 Å². The number of nitrogens with one attached hydrogen (secondary N) is 1. The fourth-order valence-corrected chi connectivity index (χ4v) is 2.87. The van der Waals surface area contributed by atoms with Gasteiger partial charge in [0.1, 0.15) is 0 Å². The van der Waals surface area contributed by atoms with E-state index in [0.717, 1.165) is 18.7 Å². The van der Waals surface area contributed by atoms with Gasteiger partial charge >= 0.3 is 0 Å². The monoisotopic (exact) mass is 348 g/mol. The van der Waals surface area contributed by atoms with Crippen molar-refractivity contribution in [2.24, 2.45) is 0 Å². The molecule has 1 aromatic carbocycles. The molecule has 0 bridgehead atoms. The van der Waals surface area contributed by atoms with Gasteiger partial charge in [-0.15, -0.1) is 0 Å². The highest BCUT2D eigenvalue weighted by molar-refractivity contribution is 6.30. The number of benzene rings is 1. The van der Waals surface area contributed by atoms with E-state index in [0.29, 0.717) is 31.3 Å². The molecular formula is C17H21ClN4O2. The summed E-state index contributed by atoms with van der Waals surface area (Å²) in [7, 11) is 0. The number of hydrogen-bond acceptors (Lipinski definition) is 4. The maximum atomic E-state index is 12.2. The number of morpholine rings is 1. The minimum absolute atomic E-state index is 0.0167. The van der Waals surface area contributed by atoms with Gasteiger partial charge < -0.3 is 10.1 Å². The number of nitrogens with zero attached hydrogens (tertiary/aromatic N) is 3. The number of carbonyl (C=O) groups excluding carboxylic acids is 1. The molecule has 24 heavy (non-hydrogen) atoms. The van der Waals surface area contributed by atoms with Crippen molar-refractivity contribution in [2.45, 2.75) is 6.04 Å². The minimum Gasteiger partial charge on any atom is -0.379 e. The van der Waals surface area contributed by atoms with Crippen molar-refractivity contribution in [3.8, 4) is 0 Å². The molecule has 1 unspecified atom stereocenters. The molecule has 7 heteroatoms. The van der Waals surface area contributed by atoms with Crippen LogP contribution in [0.1, 0.15) is 11.6 Å². The number of halogens is 1. The van der Waals surface area contributed by atoms with E-state index in [4.69, 9.17) is 16.3 Å². The molecule has 1 N–H and O–H groups in total. The lowest BCUT2D eigenvalue weighted by Gasteiger charge is -2.26. The number of aromatic nitrogens is 2. The predicted molar refractivity (Wildman–Crippen MR) is 92.1 cm³/mol. The Morgan fingerprint density at radius 2 is 2.04 bits per heavy atom. The highest BCUT2D eigenvalue weighted by atomic mass is 35.5. The second-order valence-electron chi connectivity index (χ2n) is 5.75. The number of carbonyl (C=O) groups is 1. The maximum absolute atomic E-state index is 12.2. The van der Waals surface area contributed by atoms with Crippen LogP contribution in [-0.2, 0) is 9.53 Å². The van der Waals surface area contributed by atoms with Gasteiger partial charge in [0.05, 0.1) is 25.8 Å². The van der Waals surface area contributed by atoms with E-state index in [1.165, 1.54) is 0 Å². The van der Waals surface area contributed by atoms with Crippen molar-refractivity contribution < 1.29 is 9.53 Å². The first-order chi connectivity index (χ1) is 11.7. The highest BCUT2D eigenvalue weighted by Gasteiger charge is 2.18. The van der Waals surface area contributed by atoms with Gasteiger partial charge in [-0.1, -0.05) is 23.7 Å². The molecule has 1 atom stereocenters. The third-order valence-electron chi connectivity index (χ3n) is 4.06. The zero-order chi connectivity index (χ0) is 16.8. The Hall–Kier alpha value is -1.89. The van der Waals surface area contributed by atoms with Gasteiger partial charge in [-0.25, -0.2) is 0 Å². The molecule has 1 amide bonds. The van der Waals surface area contributed by atoms with Crippen LogP contribution >= 0.6 is 11.6 Å². The molecule has 1 aliphatic rings. The van der Waals surface area contributed by atoms with Crippen molar-refractivity contribution in [3.63, 3.8) is 0 Å². The van der Waals surface area contributed by atoms with Crippen LogP contribution in [0.2, 0.25) is 5.02 Å². The van der Waals surface area contributed by atoms with Crippen LogP contribution in [-0.4, -0.2) is 60.0 Å². The van der Waals surface area contributed by atoms with Gasteiger partial charge in [-0.3, -0.25) is 14.4 Å². The Morgan fingerprint density at radius 3 is 2.71 bits per heavy atom. The Bertz CT molecular complexity index is 639. The predicted octanol–water partition coefficient (Wildman–Crippen LogP) is 1.57. The average molecular weight is 349 g/mol. The molecule has 0 saturated carbocycles. The summed E-state index contributed by atoms with van der Waals surface area (Å²) in [6.07, 6.45) is 3.63. The summed E-state index contributed by atoms with van der Waals surface area (Å²) < 4.78 is 7.15. The zero-order valence-corrected chi connectivity index (χ0v) is 14.2. The van der Waals surface area contributed by atoms with Crippen molar-refractivity contribution in [2.75, 3.05) is 39.4 Å². The molecular weight excluding hydrogens is 328 g/mol. The van der Waals surface area contributed by atoms with Gasteiger partial charge in [0.15, 0.2) is 0 Å². The molecule has 2 heterocycles. The molecule has 0 aliphatic carbocycles. The highest BCUT2D eigenvalue weighted by Crippen LogP contribution is 2.19. The van der Waals surface area contributed by atoms with Crippen LogP contribution in [0.3, 0.4) is 0 Å². The maximum Gasteiger partial charge on any atom is 0.234 e. The Kier molecular flexibility index (Phi) is 5.85. The molecule has 1 fully saturated rings. The summed E-state index contributed by atoms with van der Waals surface area (Å²) >= 11 is 5.97. The number of ether oxygens (including phenoxy) is 1. The third-order valence-corrected chi connectivity index (χ3v) is 4.31. The van der Waals surface area contributed by atoms with Gasteiger partial charge in [0.25, 0.3) is 0 Å². The van der Waals surface area contributed by atoms with Crippen molar-refractivity contribution >= 4 is 17.5 Å². The van der Waals surface area contributed by atoms with Crippen LogP contribution in [0, 0.1) is 0 Å². The molecule has 0 radical (unpaired) electrons. The van der Waals surface area contributed by atoms with Crippen molar-refractivity contribution in [1.82, 2.24) is 20.0 Å². The van der Waals surface area contributed by atoms with Crippen LogP contribution in [0.25, 0.3) is 0 Å².